The van der Waals surface area contributed by atoms with E-state index in [-0.39, 0.29) is 28.8 Å². The standard InChI is InChI=1S/C24H22ClF4N5O/c25-20-21(23(35)33-12-10-32(11-13-33)17-8-6-16(26)7-9-17)31-34-19(24(27,28)29)14-18(30-22(20)34)15-4-2-1-3-5-15/h1-9,18-19,30H,10-14H2/t18-,19+/m0/s1. The number of piperazine rings is 1. The summed E-state index contributed by atoms with van der Waals surface area (Å²) in [5, 5.41) is 6.98. The lowest BCUT2D eigenvalue weighted by atomic mass is 9.97. The number of carbonyl (C=O) groups excluding carboxylic acids is 1. The summed E-state index contributed by atoms with van der Waals surface area (Å²) >= 11 is 6.46. The first-order valence-corrected chi connectivity index (χ1v) is 11.6. The van der Waals surface area contributed by atoms with Crippen LogP contribution in [0.2, 0.25) is 5.02 Å². The fourth-order valence-corrected chi connectivity index (χ4v) is 4.86. The van der Waals surface area contributed by atoms with Gasteiger partial charge in [-0.1, -0.05) is 41.9 Å². The van der Waals surface area contributed by atoms with Gasteiger partial charge < -0.3 is 15.1 Å². The van der Waals surface area contributed by atoms with E-state index in [1.165, 1.54) is 17.0 Å². The highest BCUT2D eigenvalue weighted by Crippen LogP contribution is 2.46. The first-order chi connectivity index (χ1) is 16.7. The molecule has 0 radical (unpaired) electrons. The summed E-state index contributed by atoms with van der Waals surface area (Å²) in [5.41, 5.74) is 1.32. The van der Waals surface area contributed by atoms with Gasteiger partial charge in [-0.2, -0.15) is 18.3 Å². The highest BCUT2D eigenvalue weighted by Gasteiger charge is 2.48. The Kier molecular flexibility index (Phi) is 6.08. The summed E-state index contributed by atoms with van der Waals surface area (Å²) in [6.07, 6.45) is -4.84. The second-order valence-electron chi connectivity index (χ2n) is 8.61. The van der Waals surface area contributed by atoms with Crippen LogP contribution in [0.1, 0.15) is 34.6 Å². The molecule has 2 aromatic carbocycles. The van der Waals surface area contributed by atoms with Crippen molar-refractivity contribution < 1.29 is 22.4 Å². The van der Waals surface area contributed by atoms with Crippen molar-refractivity contribution >= 4 is 29.0 Å². The topological polar surface area (TPSA) is 53.4 Å². The lowest BCUT2D eigenvalue weighted by Crippen LogP contribution is -2.49. The number of aromatic nitrogens is 2. The highest BCUT2D eigenvalue weighted by atomic mass is 35.5. The number of amides is 1. The summed E-state index contributed by atoms with van der Waals surface area (Å²) in [4.78, 5) is 16.8. The molecule has 11 heteroatoms. The van der Waals surface area contributed by atoms with E-state index in [0.717, 1.165) is 10.4 Å². The molecule has 0 aliphatic carbocycles. The van der Waals surface area contributed by atoms with Crippen LogP contribution in [0.4, 0.5) is 29.1 Å². The predicted molar refractivity (Wildman–Crippen MR) is 124 cm³/mol. The molecular weight excluding hydrogens is 486 g/mol. The third-order valence-electron chi connectivity index (χ3n) is 6.46. The second-order valence-corrected chi connectivity index (χ2v) is 8.99. The largest absolute Gasteiger partial charge is 0.410 e. The molecule has 5 rings (SSSR count). The molecule has 0 unspecified atom stereocenters. The molecule has 1 N–H and O–H groups in total. The molecule has 1 saturated heterocycles. The van der Waals surface area contributed by atoms with Gasteiger partial charge in [0, 0.05) is 38.3 Å². The van der Waals surface area contributed by atoms with Crippen molar-refractivity contribution in [1.29, 1.82) is 0 Å². The van der Waals surface area contributed by atoms with E-state index in [2.05, 4.69) is 10.4 Å². The van der Waals surface area contributed by atoms with Crippen molar-refractivity contribution in [3.8, 4) is 0 Å². The Morgan fingerprint density at radius 3 is 2.29 bits per heavy atom. The van der Waals surface area contributed by atoms with Crippen molar-refractivity contribution in [3.05, 3.63) is 76.7 Å². The smallest absolute Gasteiger partial charge is 0.368 e. The molecule has 3 heterocycles. The van der Waals surface area contributed by atoms with E-state index in [0.29, 0.717) is 31.7 Å². The van der Waals surface area contributed by atoms with Crippen LogP contribution in [0.15, 0.2) is 54.6 Å². The molecule has 35 heavy (non-hydrogen) atoms. The lowest BCUT2D eigenvalue weighted by Gasteiger charge is -2.35. The van der Waals surface area contributed by atoms with Crippen molar-refractivity contribution in [3.63, 3.8) is 0 Å². The number of nitrogens with zero attached hydrogens (tertiary/aromatic N) is 4. The Morgan fingerprint density at radius 1 is 1.00 bits per heavy atom. The van der Waals surface area contributed by atoms with E-state index in [9.17, 15) is 22.4 Å². The second kappa shape index (κ2) is 9.07. The molecule has 6 nitrogen and oxygen atoms in total. The summed E-state index contributed by atoms with van der Waals surface area (Å²) in [5.74, 6) is -0.863. The molecule has 2 atom stereocenters. The molecule has 0 bridgehead atoms. The zero-order chi connectivity index (χ0) is 24.7. The number of alkyl halides is 3. The van der Waals surface area contributed by atoms with Crippen LogP contribution in [0.3, 0.4) is 0 Å². The SMILES string of the molecule is O=C(c1nn2c(c1Cl)N[C@H](c1ccccc1)C[C@@H]2C(F)(F)F)N1CCN(c2ccc(F)cc2)CC1. The van der Waals surface area contributed by atoms with E-state index in [4.69, 9.17) is 11.6 Å². The van der Waals surface area contributed by atoms with Gasteiger partial charge in [-0.25, -0.2) is 9.07 Å². The van der Waals surface area contributed by atoms with Gasteiger partial charge in [-0.05, 0) is 29.8 Å². The normalized spacial score (nSPS) is 20.4. The van der Waals surface area contributed by atoms with Gasteiger partial charge in [0.2, 0.25) is 0 Å². The summed E-state index contributed by atoms with van der Waals surface area (Å²) < 4.78 is 55.9. The molecule has 3 aromatic rings. The maximum absolute atomic E-state index is 14.0. The van der Waals surface area contributed by atoms with Crippen LogP contribution in [0.5, 0.6) is 0 Å². The fourth-order valence-electron chi connectivity index (χ4n) is 4.60. The van der Waals surface area contributed by atoms with Gasteiger partial charge in [0.25, 0.3) is 5.91 Å². The van der Waals surface area contributed by atoms with E-state index < -0.39 is 24.2 Å². The number of fused-ring (bicyclic) bond motifs is 1. The monoisotopic (exact) mass is 507 g/mol. The summed E-state index contributed by atoms with van der Waals surface area (Å²) in [7, 11) is 0. The number of halogens is 5. The zero-order valence-electron chi connectivity index (χ0n) is 18.5. The lowest BCUT2D eigenvalue weighted by molar-refractivity contribution is -0.173. The van der Waals surface area contributed by atoms with Gasteiger partial charge in [0.05, 0.1) is 6.04 Å². The predicted octanol–water partition coefficient (Wildman–Crippen LogP) is 5.30. The van der Waals surface area contributed by atoms with Crippen LogP contribution in [0, 0.1) is 5.82 Å². The first-order valence-electron chi connectivity index (χ1n) is 11.2. The molecule has 1 aromatic heterocycles. The Hall–Kier alpha value is -3.27. The maximum Gasteiger partial charge on any atom is 0.410 e. The maximum atomic E-state index is 14.0. The number of rotatable bonds is 3. The van der Waals surface area contributed by atoms with Crippen LogP contribution in [-0.4, -0.2) is 52.9 Å². The van der Waals surface area contributed by atoms with Crippen LogP contribution in [-0.2, 0) is 0 Å². The average molecular weight is 508 g/mol. The summed E-state index contributed by atoms with van der Waals surface area (Å²) in [6, 6.07) is 12.3. The van der Waals surface area contributed by atoms with Gasteiger partial charge >= 0.3 is 6.18 Å². The van der Waals surface area contributed by atoms with Gasteiger partial charge in [0.1, 0.15) is 16.7 Å². The molecule has 0 saturated carbocycles. The zero-order valence-corrected chi connectivity index (χ0v) is 19.2. The quantitative estimate of drug-likeness (QED) is 0.489. The minimum absolute atomic E-state index is 0.0117. The van der Waals surface area contributed by atoms with Gasteiger partial charge in [-0.15, -0.1) is 0 Å². The number of hydrogen-bond acceptors (Lipinski definition) is 4. The molecule has 2 aliphatic heterocycles. The van der Waals surface area contributed by atoms with Crippen molar-refractivity contribution in [1.82, 2.24) is 14.7 Å². The van der Waals surface area contributed by atoms with Crippen LogP contribution < -0.4 is 10.2 Å². The average Bonchev–Trinajstić information content (AvgIpc) is 3.20. The fraction of sp³-hybridized carbons (Fsp3) is 0.333. The number of anilines is 2. The number of benzene rings is 2. The summed E-state index contributed by atoms with van der Waals surface area (Å²) in [6.45, 7) is 1.64. The molecular formula is C24H22ClF4N5O. The number of nitrogens with one attached hydrogen (secondary N) is 1. The first kappa shape index (κ1) is 23.5. The third-order valence-corrected chi connectivity index (χ3v) is 6.82. The minimum atomic E-state index is -4.57. The minimum Gasteiger partial charge on any atom is -0.368 e. The molecule has 0 spiro atoms. The highest BCUT2D eigenvalue weighted by molar-refractivity contribution is 6.36. The molecule has 2 aliphatic rings. The Bertz CT molecular complexity index is 1210. The van der Waals surface area contributed by atoms with E-state index >= 15 is 0 Å². The molecule has 184 valence electrons. The van der Waals surface area contributed by atoms with Crippen molar-refractivity contribution in [2.75, 3.05) is 36.4 Å². The number of hydrogen-bond donors (Lipinski definition) is 1. The van der Waals surface area contributed by atoms with E-state index in [1.807, 2.05) is 4.90 Å². The number of carbonyl (C=O) groups is 1. The van der Waals surface area contributed by atoms with Crippen LogP contribution in [0.25, 0.3) is 0 Å². The van der Waals surface area contributed by atoms with Crippen molar-refractivity contribution in [2.24, 2.45) is 0 Å². The third kappa shape index (κ3) is 4.54. The van der Waals surface area contributed by atoms with Crippen LogP contribution >= 0.6 is 11.6 Å². The Labute approximate surface area is 204 Å². The van der Waals surface area contributed by atoms with Gasteiger partial charge in [0.15, 0.2) is 11.7 Å². The van der Waals surface area contributed by atoms with Crippen molar-refractivity contribution in [2.45, 2.75) is 24.7 Å². The van der Waals surface area contributed by atoms with Gasteiger partial charge in [-0.3, -0.25) is 4.79 Å². The molecule has 1 amide bonds. The Morgan fingerprint density at radius 2 is 1.66 bits per heavy atom. The molecule has 1 fully saturated rings. The van der Waals surface area contributed by atoms with E-state index in [1.54, 1.807) is 42.5 Å². The Balaban J connectivity index is 1.38.